The Morgan fingerprint density at radius 3 is 1.96 bits per heavy atom. The van der Waals surface area contributed by atoms with E-state index < -0.39 is 0 Å². The number of rotatable bonds is 5. The average Bonchev–Trinajstić information content (AvgIpc) is 3.02. The maximum Gasteiger partial charge on any atom is 0.220 e. The Labute approximate surface area is 161 Å². The summed E-state index contributed by atoms with van der Waals surface area (Å²) in [5.74, 6) is 0.325. The second kappa shape index (κ2) is 7.40. The van der Waals surface area contributed by atoms with Crippen molar-refractivity contribution in [3.8, 4) is 11.1 Å². The van der Waals surface area contributed by atoms with Gasteiger partial charge in [-0.15, -0.1) is 0 Å². The molecule has 4 rings (SSSR count). The molecular formula is C25H25NO. The summed E-state index contributed by atoms with van der Waals surface area (Å²) in [6, 6.07) is 25.9. The second-order valence-electron chi connectivity index (χ2n) is 7.28. The fourth-order valence-electron chi connectivity index (χ4n) is 4.28. The van der Waals surface area contributed by atoms with Crippen molar-refractivity contribution >= 4 is 5.91 Å². The topological polar surface area (TPSA) is 29.1 Å². The minimum absolute atomic E-state index is 0.0137. The van der Waals surface area contributed by atoms with Gasteiger partial charge in [-0.25, -0.2) is 0 Å². The highest BCUT2D eigenvalue weighted by atomic mass is 16.1. The van der Waals surface area contributed by atoms with Crippen LogP contribution in [0.25, 0.3) is 11.1 Å². The third kappa shape index (κ3) is 3.16. The summed E-state index contributed by atoms with van der Waals surface area (Å²) in [5.41, 5.74) is 7.79. The molecule has 0 bridgehead atoms. The van der Waals surface area contributed by atoms with Gasteiger partial charge in [0.25, 0.3) is 0 Å². The van der Waals surface area contributed by atoms with Crippen molar-refractivity contribution in [2.45, 2.75) is 38.6 Å². The fraction of sp³-hybridized carbons (Fsp3) is 0.240. The summed E-state index contributed by atoms with van der Waals surface area (Å²) in [6.45, 7) is 4.11. The highest BCUT2D eigenvalue weighted by Gasteiger charge is 2.31. The van der Waals surface area contributed by atoms with E-state index in [0.717, 1.165) is 6.42 Å². The molecule has 0 spiro atoms. The fourth-order valence-corrected chi connectivity index (χ4v) is 4.28. The van der Waals surface area contributed by atoms with Gasteiger partial charge in [0.05, 0.1) is 6.04 Å². The lowest BCUT2D eigenvalue weighted by atomic mass is 9.84. The molecule has 0 aliphatic heterocycles. The maximum absolute atomic E-state index is 12.1. The van der Waals surface area contributed by atoms with Crippen LogP contribution in [0.1, 0.15) is 60.9 Å². The Hall–Kier alpha value is -2.87. The summed E-state index contributed by atoms with van der Waals surface area (Å²) in [6.07, 6.45) is 1.44. The molecule has 1 amide bonds. The van der Waals surface area contributed by atoms with Crippen molar-refractivity contribution in [3.63, 3.8) is 0 Å². The first-order valence-electron chi connectivity index (χ1n) is 9.77. The number of amides is 1. The van der Waals surface area contributed by atoms with Crippen molar-refractivity contribution in [2.24, 2.45) is 0 Å². The lowest BCUT2D eigenvalue weighted by molar-refractivity contribution is -0.121. The van der Waals surface area contributed by atoms with Crippen molar-refractivity contribution in [3.05, 3.63) is 95.1 Å². The van der Waals surface area contributed by atoms with Gasteiger partial charge in [0.15, 0.2) is 0 Å². The Balaban J connectivity index is 1.80. The van der Waals surface area contributed by atoms with Crippen molar-refractivity contribution in [2.75, 3.05) is 0 Å². The normalized spacial score (nSPS) is 13.7. The molecule has 0 aromatic heterocycles. The standard InChI is InChI=1S/C25H25NO/c1-3-10-24(27)26-17(2)18-11-4-7-14-21(18)25-22-15-8-5-12-19(22)20-13-6-9-16-23(20)25/h4-9,11-17,25H,3,10H2,1-2H3,(H,26,27). The molecule has 136 valence electrons. The van der Waals surface area contributed by atoms with E-state index in [1.807, 2.05) is 6.92 Å². The SMILES string of the molecule is CCCC(=O)NC(C)c1ccccc1C1c2ccccc2-c2ccccc21. The first-order chi connectivity index (χ1) is 13.2. The first kappa shape index (κ1) is 17.5. The summed E-state index contributed by atoms with van der Waals surface area (Å²) in [5, 5.41) is 3.17. The molecule has 2 heteroatoms. The summed E-state index contributed by atoms with van der Waals surface area (Å²) < 4.78 is 0. The van der Waals surface area contributed by atoms with Crippen LogP contribution in [0, 0.1) is 0 Å². The third-order valence-electron chi connectivity index (χ3n) is 5.46. The van der Waals surface area contributed by atoms with Crippen LogP contribution in [-0.4, -0.2) is 5.91 Å². The van der Waals surface area contributed by atoms with Crippen molar-refractivity contribution < 1.29 is 4.79 Å². The smallest absolute Gasteiger partial charge is 0.220 e. The Kier molecular flexibility index (Phi) is 4.81. The molecular weight excluding hydrogens is 330 g/mol. The van der Waals surface area contributed by atoms with Crippen molar-refractivity contribution in [1.82, 2.24) is 5.32 Å². The number of hydrogen-bond acceptors (Lipinski definition) is 1. The zero-order valence-corrected chi connectivity index (χ0v) is 15.9. The van der Waals surface area contributed by atoms with Crippen molar-refractivity contribution in [1.29, 1.82) is 0 Å². The molecule has 1 aliphatic rings. The Morgan fingerprint density at radius 2 is 1.37 bits per heavy atom. The lowest BCUT2D eigenvalue weighted by Gasteiger charge is -2.23. The largest absolute Gasteiger partial charge is 0.350 e. The van der Waals surface area contributed by atoms with E-state index in [-0.39, 0.29) is 17.9 Å². The van der Waals surface area contributed by atoms with Crippen LogP contribution in [-0.2, 0) is 4.79 Å². The monoisotopic (exact) mass is 355 g/mol. The van der Waals surface area contributed by atoms with Gasteiger partial charge < -0.3 is 5.32 Å². The molecule has 0 heterocycles. The molecule has 2 nitrogen and oxygen atoms in total. The molecule has 1 unspecified atom stereocenters. The molecule has 1 N–H and O–H groups in total. The van der Waals surface area contributed by atoms with Crippen LogP contribution >= 0.6 is 0 Å². The molecule has 1 aliphatic carbocycles. The first-order valence-corrected chi connectivity index (χ1v) is 9.77. The van der Waals surface area contributed by atoms with Gasteiger partial charge >= 0.3 is 0 Å². The number of benzene rings is 3. The van der Waals surface area contributed by atoms with Crippen LogP contribution in [0.5, 0.6) is 0 Å². The lowest BCUT2D eigenvalue weighted by Crippen LogP contribution is -2.27. The molecule has 1 atom stereocenters. The molecule has 27 heavy (non-hydrogen) atoms. The van der Waals surface area contributed by atoms with E-state index in [1.165, 1.54) is 33.4 Å². The van der Waals surface area contributed by atoms with Gasteiger partial charge in [0.2, 0.25) is 5.91 Å². The maximum atomic E-state index is 12.1. The van der Waals surface area contributed by atoms with E-state index in [9.17, 15) is 4.79 Å². The molecule has 3 aromatic carbocycles. The molecule has 3 aromatic rings. The van der Waals surface area contributed by atoms with Gasteiger partial charge in [0.1, 0.15) is 0 Å². The van der Waals surface area contributed by atoms with Gasteiger partial charge in [-0.05, 0) is 46.7 Å². The number of carbonyl (C=O) groups excluding carboxylic acids is 1. The Bertz CT molecular complexity index is 930. The van der Waals surface area contributed by atoms with E-state index in [4.69, 9.17) is 0 Å². The van der Waals surface area contributed by atoms with Crippen LogP contribution in [0.4, 0.5) is 0 Å². The average molecular weight is 355 g/mol. The van der Waals surface area contributed by atoms with Crippen LogP contribution in [0.3, 0.4) is 0 Å². The number of hydrogen-bond donors (Lipinski definition) is 1. The summed E-state index contributed by atoms with van der Waals surface area (Å²) in [7, 11) is 0. The highest BCUT2D eigenvalue weighted by molar-refractivity contribution is 5.81. The minimum atomic E-state index is -0.0137. The second-order valence-corrected chi connectivity index (χ2v) is 7.28. The van der Waals surface area contributed by atoms with E-state index in [0.29, 0.717) is 6.42 Å². The highest BCUT2D eigenvalue weighted by Crippen LogP contribution is 2.48. The quantitative estimate of drug-likeness (QED) is 0.480. The predicted octanol–water partition coefficient (Wildman–Crippen LogP) is 5.82. The zero-order chi connectivity index (χ0) is 18.8. The predicted molar refractivity (Wildman–Crippen MR) is 111 cm³/mol. The van der Waals surface area contributed by atoms with Gasteiger partial charge in [-0.1, -0.05) is 79.7 Å². The van der Waals surface area contributed by atoms with E-state index >= 15 is 0 Å². The third-order valence-corrected chi connectivity index (χ3v) is 5.46. The zero-order valence-electron chi connectivity index (χ0n) is 15.9. The minimum Gasteiger partial charge on any atom is -0.350 e. The molecule has 0 saturated heterocycles. The van der Waals surface area contributed by atoms with Crippen LogP contribution < -0.4 is 5.32 Å². The number of nitrogens with one attached hydrogen (secondary N) is 1. The van der Waals surface area contributed by atoms with E-state index in [2.05, 4.69) is 85.0 Å². The van der Waals surface area contributed by atoms with Gasteiger partial charge in [-0.2, -0.15) is 0 Å². The van der Waals surface area contributed by atoms with Gasteiger partial charge in [-0.3, -0.25) is 4.79 Å². The van der Waals surface area contributed by atoms with Crippen LogP contribution in [0.2, 0.25) is 0 Å². The molecule has 0 saturated carbocycles. The van der Waals surface area contributed by atoms with Crippen LogP contribution in [0.15, 0.2) is 72.8 Å². The number of carbonyl (C=O) groups is 1. The summed E-state index contributed by atoms with van der Waals surface area (Å²) in [4.78, 5) is 12.1. The summed E-state index contributed by atoms with van der Waals surface area (Å²) >= 11 is 0. The molecule has 0 radical (unpaired) electrons. The number of fused-ring (bicyclic) bond motifs is 3. The van der Waals surface area contributed by atoms with Gasteiger partial charge in [0, 0.05) is 12.3 Å². The van der Waals surface area contributed by atoms with E-state index in [1.54, 1.807) is 0 Å². The molecule has 0 fully saturated rings. The Morgan fingerprint density at radius 1 is 0.852 bits per heavy atom.